The van der Waals surface area contributed by atoms with Crippen LogP contribution < -0.4 is 10.2 Å². The molecule has 3 rings (SSSR count). The summed E-state index contributed by atoms with van der Waals surface area (Å²) in [7, 11) is 4.02. The minimum atomic E-state index is 0.575. The first kappa shape index (κ1) is 10.3. The van der Waals surface area contributed by atoms with Crippen LogP contribution in [0.5, 0.6) is 0 Å². The number of rotatable bonds is 3. The normalized spacial score (nSPS) is 14.9. The van der Waals surface area contributed by atoms with Crippen molar-refractivity contribution in [3.8, 4) is 0 Å². The highest BCUT2D eigenvalue weighted by molar-refractivity contribution is 5.90. The molecule has 0 aliphatic heterocycles. The third kappa shape index (κ3) is 2.02. The van der Waals surface area contributed by atoms with Crippen molar-refractivity contribution in [3.05, 3.63) is 24.3 Å². The molecule has 1 aromatic carbocycles. The largest absolute Gasteiger partial charge is 0.362 e. The number of aromatic nitrogens is 2. The molecule has 88 valence electrons. The lowest BCUT2D eigenvalue weighted by Gasteiger charge is -2.15. The molecular formula is C13H16N4. The Morgan fingerprint density at radius 3 is 2.65 bits per heavy atom. The highest BCUT2D eigenvalue weighted by atomic mass is 15.2. The third-order valence-electron chi connectivity index (χ3n) is 2.92. The average molecular weight is 228 g/mol. The van der Waals surface area contributed by atoms with Gasteiger partial charge >= 0.3 is 0 Å². The fraction of sp³-hybridized carbons (Fsp3) is 0.385. The van der Waals surface area contributed by atoms with Crippen molar-refractivity contribution in [1.29, 1.82) is 0 Å². The zero-order valence-electron chi connectivity index (χ0n) is 10.1. The van der Waals surface area contributed by atoms with Crippen LogP contribution in [-0.4, -0.2) is 30.1 Å². The minimum absolute atomic E-state index is 0.575. The fourth-order valence-electron chi connectivity index (χ4n) is 1.88. The summed E-state index contributed by atoms with van der Waals surface area (Å²) in [6.07, 6.45) is 2.46. The van der Waals surface area contributed by atoms with E-state index >= 15 is 0 Å². The summed E-state index contributed by atoms with van der Waals surface area (Å²) >= 11 is 0. The Morgan fingerprint density at radius 2 is 1.94 bits per heavy atom. The highest BCUT2D eigenvalue weighted by Crippen LogP contribution is 2.27. The predicted molar refractivity (Wildman–Crippen MR) is 70.5 cm³/mol. The predicted octanol–water partition coefficient (Wildman–Crippen LogP) is 2.27. The maximum atomic E-state index is 4.58. The molecule has 1 aliphatic rings. The molecule has 0 amide bonds. The van der Waals surface area contributed by atoms with Gasteiger partial charge in [-0.2, -0.15) is 4.98 Å². The topological polar surface area (TPSA) is 41.1 Å². The van der Waals surface area contributed by atoms with Gasteiger partial charge < -0.3 is 10.2 Å². The van der Waals surface area contributed by atoms with E-state index in [2.05, 4.69) is 21.4 Å². The number of anilines is 2. The first-order valence-electron chi connectivity index (χ1n) is 5.94. The van der Waals surface area contributed by atoms with Gasteiger partial charge in [0.15, 0.2) is 0 Å². The quantitative estimate of drug-likeness (QED) is 0.875. The van der Waals surface area contributed by atoms with E-state index in [0.29, 0.717) is 6.04 Å². The molecule has 1 aromatic heterocycles. The van der Waals surface area contributed by atoms with Gasteiger partial charge in [0.05, 0.1) is 5.52 Å². The molecule has 0 bridgehead atoms. The van der Waals surface area contributed by atoms with Gasteiger partial charge in [-0.25, -0.2) is 4.98 Å². The van der Waals surface area contributed by atoms with Crippen LogP contribution in [0.25, 0.3) is 10.9 Å². The SMILES string of the molecule is CN(C)c1nc(NC2CC2)nc2ccccc12. The van der Waals surface area contributed by atoms with Crippen molar-refractivity contribution in [2.75, 3.05) is 24.3 Å². The summed E-state index contributed by atoms with van der Waals surface area (Å²) < 4.78 is 0. The molecular weight excluding hydrogens is 212 g/mol. The van der Waals surface area contributed by atoms with E-state index in [4.69, 9.17) is 0 Å². The second kappa shape index (κ2) is 3.87. The Morgan fingerprint density at radius 1 is 1.18 bits per heavy atom. The van der Waals surface area contributed by atoms with E-state index in [0.717, 1.165) is 22.7 Å². The first-order chi connectivity index (χ1) is 8.24. The maximum Gasteiger partial charge on any atom is 0.225 e. The Hall–Kier alpha value is -1.84. The van der Waals surface area contributed by atoms with E-state index < -0.39 is 0 Å². The van der Waals surface area contributed by atoms with E-state index in [1.54, 1.807) is 0 Å². The van der Waals surface area contributed by atoms with Crippen molar-refractivity contribution in [1.82, 2.24) is 9.97 Å². The van der Waals surface area contributed by atoms with Crippen molar-refractivity contribution in [3.63, 3.8) is 0 Å². The van der Waals surface area contributed by atoms with Crippen molar-refractivity contribution in [2.45, 2.75) is 18.9 Å². The van der Waals surface area contributed by atoms with Gasteiger partial charge in [0.2, 0.25) is 5.95 Å². The number of hydrogen-bond donors (Lipinski definition) is 1. The van der Waals surface area contributed by atoms with Crippen LogP contribution in [0.3, 0.4) is 0 Å². The average Bonchev–Trinajstić information content (AvgIpc) is 3.11. The number of nitrogens with one attached hydrogen (secondary N) is 1. The lowest BCUT2D eigenvalue weighted by molar-refractivity contribution is 1.03. The van der Waals surface area contributed by atoms with E-state index in [-0.39, 0.29) is 0 Å². The number of para-hydroxylation sites is 1. The number of hydrogen-bond acceptors (Lipinski definition) is 4. The molecule has 0 radical (unpaired) electrons. The van der Waals surface area contributed by atoms with E-state index in [1.165, 1.54) is 12.8 Å². The molecule has 4 nitrogen and oxygen atoms in total. The van der Waals surface area contributed by atoms with Gasteiger partial charge in [-0.3, -0.25) is 0 Å². The lowest BCUT2D eigenvalue weighted by Crippen LogP contribution is -2.14. The van der Waals surface area contributed by atoms with Crippen LogP contribution >= 0.6 is 0 Å². The Kier molecular flexibility index (Phi) is 2.35. The van der Waals surface area contributed by atoms with Gasteiger partial charge in [0.1, 0.15) is 5.82 Å². The zero-order chi connectivity index (χ0) is 11.8. The van der Waals surface area contributed by atoms with E-state index in [1.807, 2.05) is 37.2 Å². The number of fused-ring (bicyclic) bond motifs is 1. The zero-order valence-corrected chi connectivity index (χ0v) is 10.1. The molecule has 0 spiro atoms. The van der Waals surface area contributed by atoms with Crippen LogP contribution in [-0.2, 0) is 0 Å². The van der Waals surface area contributed by atoms with Gasteiger partial charge in [0.25, 0.3) is 0 Å². The minimum Gasteiger partial charge on any atom is -0.362 e. The summed E-state index contributed by atoms with van der Waals surface area (Å²) in [4.78, 5) is 11.2. The summed E-state index contributed by atoms with van der Waals surface area (Å²) in [5, 5.41) is 4.45. The van der Waals surface area contributed by atoms with Gasteiger partial charge in [-0.1, -0.05) is 12.1 Å². The van der Waals surface area contributed by atoms with Gasteiger partial charge in [-0.05, 0) is 25.0 Å². The van der Waals surface area contributed by atoms with Crippen molar-refractivity contribution >= 4 is 22.7 Å². The van der Waals surface area contributed by atoms with Gasteiger partial charge in [0, 0.05) is 25.5 Å². The van der Waals surface area contributed by atoms with Crippen LogP contribution in [0.4, 0.5) is 11.8 Å². The molecule has 17 heavy (non-hydrogen) atoms. The smallest absolute Gasteiger partial charge is 0.225 e. The summed E-state index contributed by atoms with van der Waals surface area (Å²) in [6.45, 7) is 0. The van der Waals surface area contributed by atoms with Crippen LogP contribution in [0.15, 0.2) is 24.3 Å². The first-order valence-corrected chi connectivity index (χ1v) is 5.94. The molecule has 1 N–H and O–H groups in total. The Labute approximate surface area is 101 Å². The van der Waals surface area contributed by atoms with Crippen LogP contribution in [0.2, 0.25) is 0 Å². The molecule has 0 atom stereocenters. The second-order valence-electron chi connectivity index (χ2n) is 4.70. The Balaban J connectivity index is 2.12. The third-order valence-corrected chi connectivity index (χ3v) is 2.92. The summed E-state index contributed by atoms with van der Waals surface area (Å²) in [5.74, 6) is 1.72. The number of nitrogens with zero attached hydrogens (tertiary/aromatic N) is 3. The maximum absolute atomic E-state index is 4.58. The number of benzene rings is 1. The lowest BCUT2D eigenvalue weighted by atomic mass is 10.2. The van der Waals surface area contributed by atoms with Gasteiger partial charge in [-0.15, -0.1) is 0 Å². The Bertz CT molecular complexity index is 546. The van der Waals surface area contributed by atoms with E-state index in [9.17, 15) is 0 Å². The molecule has 0 unspecified atom stereocenters. The molecule has 2 aromatic rings. The molecule has 4 heteroatoms. The molecule has 1 heterocycles. The van der Waals surface area contributed by atoms with Crippen LogP contribution in [0.1, 0.15) is 12.8 Å². The second-order valence-corrected chi connectivity index (χ2v) is 4.70. The summed E-state index contributed by atoms with van der Waals surface area (Å²) in [5.41, 5.74) is 0.995. The monoisotopic (exact) mass is 228 g/mol. The fourth-order valence-corrected chi connectivity index (χ4v) is 1.88. The molecule has 1 aliphatic carbocycles. The molecule has 1 saturated carbocycles. The highest BCUT2D eigenvalue weighted by Gasteiger charge is 2.22. The summed E-state index contributed by atoms with van der Waals surface area (Å²) in [6, 6.07) is 8.70. The van der Waals surface area contributed by atoms with Crippen molar-refractivity contribution in [2.24, 2.45) is 0 Å². The van der Waals surface area contributed by atoms with Crippen molar-refractivity contribution < 1.29 is 0 Å². The molecule has 0 saturated heterocycles. The molecule has 1 fully saturated rings. The standard InChI is InChI=1S/C13H16N4/c1-17(2)12-10-5-3-4-6-11(10)15-13(16-12)14-9-7-8-9/h3-6,9H,7-8H2,1-2H3,(H,14,15,16). The van der Waals surface area contributed by atoms with Crippen LogP contribution in [0, 0.1) is 0 Å².